The fourth-order valence-corrected chi connectivity index (χ4v) is 3.26. The van der Waals surface area contributed by atoms with Gasteiger partial charge in [0.1, 0.15) is 11.6 Å². The molecule has 0 fully saturated rings. The maximum atomic E-state index is 12.1. The molecule has 3 rings (SSSR count). The second-order valence-corrected chi connectivity index (χ2v) is 8.26. The van der Waals surface area contributed by atoms with Gasteiger partial charge in [-0.3, -0.25) is 4.79 Å². The minimum absolute atomic E-state index is 0.0114. The third-order valence-corrected chi connectivity index (χ3v) is 5.22. The number of likely N-dealkylation sites (N-methyl/N-ethyl adjacent to an activating group) is 1. The number of fused-ring (bicyclic) bond motifs is 1. The molecule has 0 saturated carbocycles. The van der Waals surface area contributed by atoms with E-state index in [4.69, 9.17) is 9.73 Å². The zero-order chi connectivity index (χ0) is 22.4. The van der Waals surface area contributed by atoms with Crippen molar-refractivity contribution in [3.8, 4) is 5.75 Å². The third-order valence-electron chi connectivity index (χ3n) is 5.22. The van der Waals surface area contributed by atoms with Gasteiger partial charge >= 0.3 is 0 Å². The van der Waals surface area contributed by atoms with Crippen molar-refractivity contribution >= 4 is 11.9 Å². The highest BCUT2D eigenvalue weighted by atomic mass is 16.5. The van der Waals surface area contributed by atoms with E-state index in [0.29, 0.717) is 18.4 Å². The Bertz CT molecular complexity index is 903. The number of ether oxygens (including phenoxy) is 1. The minimum atomic E-state index is -0.0114. The van der Waals surface area contributed by atoms with Crippen molar-refractivity contribution in [3.05, 3.63) is 41.5 Å². The lowest BCUT2D eigenvalue weighted by Crippen LogP contribution is -2.49. The van der Waals surface area contributed by atoms with Crippen LogP contribution < -0.4 is 15.4 Å². The molecule has 9 heteroatoms. The molecule has 2 aromatic rings. The topological polar surface area (TPSA) is 96.7 Å². The molecule has 0 bridgehead atoms. The standard InChI is InChI=1S/C22H33N7O2/c1-15(2)21-26-19-11-8-17(14-29(19)27-21)25-22(24-13-20(30)28(3)4)23-12-16-6-9-18(31-5)10-7-16/h6-7,9-10,15,17H,8,11-14H2,1-5H3,(H2,23,24,25). The van der Waals surface area contributed by atoms with Gasteiger partial charge in [0.15, 0.2) is 11.8 Å². The summed E-state index contributed by atoms with van der Waals surface area (Å²) in [7, 11) is 5.13. The van der Waals surface area contributed by atoms with E-state index in [1.807, 2.05) is 28.9 Å². The monoisotopic (exact) mass is 427 g/mol. The van der Waals surface area contributed by atoms with Gasteiger partial charge in [0.25, 0.3) is 0 Å². The second-order valence-electron chi connectivity index (χ2n) is 8.26. The number of benzene rings is 1. The largest absolute Gasteiger partial charge is 0.497 e. The predicted molar refractivity (Wildman–Crippen MR) is 120 cm³/mol. The number of methoxy groups -OCH3 is 1. The summed E-state index contributed by atoms with van der Waals surface area (Å²) < 4.78 is 7.20. The van der Waals surface area contributed by atoms with E-state index in [-0.39, 0.29) is 18.5 Å². The van der Waals surface area contributed by atoms with Gasteiger partial charge in [0, 0.05) is 32.5 Å². The lowest BCUT2D eigenvalue weighted by molar-refractivity contribution is -0.127. The van der Waals surface area contributed by atoms with Gasteiger partial charge < -0.3 is 20.3 Å². The van der Waals surface area contributed by atoms with Crippen molar-refractivity contribution in [2.24, 2.45) is 4.99 Å². The number of hydrogen-bond acceptors (Lipinski definition) is 5. The van der Waals surface area contributed by atoms with Crippen molar-refractivity contribution in [1.82, 2.24) is 30.3 Å². The summed E-state index contributed by atoms with van der Waals surface area (Å²) in [6.45, 7) is 5.60. The van der Waals surface area contributed by atoms with Crippen LogP contribution in [-0.2, 0) is 24.3 Å². The van der Waals surface area contributed by atoms with E-state index >= 15 is 0 Å². The van der Waals surface area contributed by atoms with Gasteiger partial charge in [0.2, 0.25) is 5.91 Å². The quantitative estimate of drug-likeness (QED) is 0.514. The molecule has 1 aliphatic heterocycles. The van der Waals surface area contributed by atoms with E-state index in [0.717, 1.165) is 42.3 Å². The highest BCUT2D eigenvalue weighted by molar-refractivity contribution is 5.86. The maximum absolute atomic E-state index is 12.1. The van der Waals surface area contributed by atoms with Crippen LogP contribution in [0, 0.1) is 0 Å². The molecule has 1 amide bonds. The lowest BCUT2D eigenvalue weighted by Gasteiger charge is -2.25. The predicted octanol–water partition coefficient (Wildman–Crippen LogP) is 1.55. The SMILES string of the molecule is COc1ccc(CN=C(NCC(=O)N(C)C)NC2CCc3nc(C(C)C)nn3C2)cc1. The number of rotatable bonds is 7. The number of aliphatic imine (C=N–C) groups is 1. The molecule has 2 heterocycles. The molecular formula is C22H33N7O2. The van der Waals surface area contributed by atoms with Gasteiger partial charge in [-0.15, -0.1) is 0 Å². The first-order valence-electron chi connectivity index (χ1n) is 10.7. The molecule has 168 valence electrons. The van der Waals surface area contributed by atoms with E-state index in [1.54, 1.807) is 26.1 Å². The van der Waals surface area contributed by atoms with Gasteiger partial charge in [-0.2, -0.15) is 5.10 Å². The normalized spacial score (nSPS) is 16.1. The number of amides is 1. The lowest BCUT2D eigenvalue weighted by atomic mass is 10.1. The Morgan fingerprint density at radius 3 is 2.71 bits per heavy atom. The first-order valence-corrected chi connectivity index (χ1v) is 10.7. The highest BCUT2D eigenvalue weighted by Crippen LogP contribution is 2.17. The molecule has 0 spiro atoms. The zero-order valence-corrected chi connectivity index (χ0v) is 19.1. The first-order chi connectivity index (χ1) is 14.9. The number of aromatic nitrogens is 3. The molecule has 1 aromatic heterocycles. The van der Waals surface area contributed by atoms with Gasteiger partial charge in [-0.1, -0.05) is 26.0 Å². The number of nitrogens with zero attached hydrogens (tertiary/aromatic N) is 5. The minimum Gasteiger partial charge on any atom is -0.497 e. The van der Waals surface area contributed by atoms with E-state index < -0.39 is 0 Å². The van der Waals surface area contributed by atoms with Crippen LogP contribution in [0.1, 0.15) is 43.4 Å². The van der Waals surface area contributed by atoms with Crippen LogP contribution in [-0.4, -0.2) is 65.3 Å². The number of hydrogen-bond donors (Lipinski definition) is 2. The second kappa shape index (κ2) is 10.3. The van der Waals surface area contributed by atoms with Crippen LogP contribution in [0.3, 0.4) is 0 Å². The number of carbonyl (C=O) groups excluding carboxylic acids is 1. The summed E-state index contributed by atoms with van der Waals surface area (Å²) in [6.07, 6.45) is 1.79. The van der Waals surface area contributed by atoms with E-state index in [9.17, 15) is 4.79 Å². The summed E-state index contributed by atoms with van der Waals surface area (Å²) in [6, 6.07) is 7.97. The molecule has 31 heavy (non-hydrogen) atoms. The molecular weight excluding hydrogens is 394 g/mol. The fourth-order valence-electron chi connectivity index (χ4n) is 3.26. The average molecular weight is 428 g/mol. The van der Waals surface area contributed by atoms with Gasteiger partial charge in [-0.05, 0) is 24.1 Å². The summed E-state index contributed by atoms with van der Waals surface area (Å²) in [5.74, 6) is 3.65. The van der Waals surface area contributed by atoms with Crippen LogP contribution >= 0.6 is 0 Å². The Hall–Kier alpha value is -3.10. The molecule has 1 aromatic carbocycles. The van der Waals surface area contributed by atoms with E-state index in [2.05, 4.69) is 34.6 Å². The number of nitrogens with one attached hydrogen (secondary N) is 2. The number of aryl methyl sites for hydroxylation is 1. The van der Waals surface area contributed by atoms with Gasteiger partial charge in [-0.25, -0.2) is 14.7 Å². The Morgan fingerprint density at radius 1 is 1.32 bits per heavy atom. The summed E-state index contributed by atoms with van der Waals surface area (Å²) in [4.78, 5) is 23.0. The van der Waals surface area contributed by atoms with Crippen molar-refractivity contribution in [2.45, 2.75) is 51.7 Å². The van der Waals surface area contributed by atoms with Crippen LogP contribution in [0.4, 0.5) is 0 Å². The van der Waals surface area contributed by atoms with Crippen molar-refractivity contribution in [2.75, 3.05) is 27.7 Å². The van der Waals surface area contributed by atoms with Crippen LogP contribution in [0.15, 0.2) is 29.3 Å². The molecule has 0 radical (unpaired) electrons. The molecule has 9 nitrogen and oxygen atoms in total. The number of carbonyl (C=O) groups is 1. The number of guanidine groups is 1. The Labute approximate surface area is 183 Å². The van der Waals surface area contributed by atoms with E-state index in [1.165, 1.54) is 0 Å². The highest BCUT2D eigenvalue weighted by Gasteiger charge is 2.23. The Kier molecular flexibility index (Phi) is 7.49. The summed E-state index contributed by atoms with van der Waals surface area (Å²) in [5, 5.41) is 11.3. The molecule has 1 aliphatic rings. The molecule has 0 saturated heterocycles. The average Bonchev–Trinajstić information content (AvgIpc) is 3.19. The smallest absolute Gasteiger partial charge is 0.241 e. The van der Waals surface area contributed by atoms with Crippen LogP contribution in [0.2, 0.25) is 0 Å². The van der Waals surface area contributed by atoms with Crippen LogP contribution in [0.5, 0.6) is 5.75 Å². The van der Waals surface area contributed by atoms with Crippen molar-refractivity contribution in [1.29, 1.82) is 0 Å². The Balaban J connectivity index is 1.68. The van der Waals surface area contributed by atoms with Gasteiger partial charge in [0.05, 0.1) is 26.7 Å². The maximum Gasteiger partial charge on any atom is 0.241 e. The molecule has 2 N–H and O–H groups in total. The Morgan fingerprint density at radius 2 is 2.06 bits per heavy atom. The summed E-state index contributed by atoms with van der Waals surface area (Å²) in [5.41, 5.74) is 1.06. The van der Waals surface area contributed by atoms with Crippen LogP contribution in [0.25, 0.3) is 0 Å². The fraction of sp³-hybridized carbons (Fsp3) is 0.545. The molecule has 0 aliphatic carbocycles. The van der Waals surface area contributed by atoms with Crippen molar-refractivity contribution < 1.29 is 9.53 Å². The molecule has 1 atom stereocenters. The summed E-state index contributed by atoms with van der Waals surface area (Å²) >= 11 is 0. The first kappa shape index (κ1) is 22.6. The third kappa shape index (κ3) is 6.19. The van der Waals surface area contributed by atoms with Crippen molar-refractivity contribution in [3.63, 3.8) is 0 Å². The molecule has 1 unspecified atom stereocenters. The zero-order valence-electron chi connectivity index (χ0n) is 19.1.